The number of carboxylic acids is 1. The molecule has 4 aromatic rings. The first kappa shape index (κ1) is 22.2. The average molecular weight is 444 g/mol. The van der Waals surface area contributed by atoms with E-state index >= 15 is 0 Å². The average Bonchev–Trinajstić information content (AvgIpc) is 3.20. The van der Waals surface area contributed by atoms with Crippen LogP contribution in [0.25, 0.3) is 4.83 Å². The Hall–Kier alpha value is -3.50. The molecule has 0 aliphatic carbocycles. The molecular formula is C21H18F2N4O3S. The van der Waals surface area contributed by atoms with Crippen molar-refractivity contribution < 1.29 is 18.7 Å². The largest absolute Gasteiger partial charge is 0.476 e. The van der Waals surface area contributed by atoms with Crippen LogP contribution in [0.5, 0.6) is 0 Å². The van der Waals surface area contributed by atoms with Crippen LogP contribution in [-0.4, -0.2) is 25.7 Å². The van der Waals surface area contributed by atoms with E-state index in [1.165, 1.54) is 16.8 Å². The van der Waals surface area contributed by atoms with E-state index < -0.39 is 17.6 Å². The van der Waals surface area contributed by atoms with Crippen LogP contribution in [0, 0.1) is 18.6 Å². The Morgan fingerprint density at radius 3 is 2.58 bits per heavy atom. The first-order valence-electron chi connectivity index (χ1n) is 9.08. The van der Waals surface area contributed by atoms with Crippen LogP contribution < -0.4 is 11.2 Å². The molecule has 3 N–H and O–H groups in total. The Morgan fingerprint density at radius 1 is 1.23 bits per heavy atom. The van der Waals surface area contributed by atoms with Crippen molar-refractivity contribution in [1.82, 2.24) is 14.6 Å². The van der Waals surface area contributed by atoms with E-state index in [2.05, 4.69) is 10.1 Å². The van der Waals surface area contributed by atoms with Crippen molar-refractivity contribution >= 4 is 22.1 Å². The Bertz CT molecular complexity index is 1290. The van der Waals surface area contributed by atoms with Gasteiger partial charge in [-0.05, 0) is 36.2 Å². The number of halogens is 2. The third-order valence-corrected chi connectivity index (χ3v) is 5.49. The third kappa shape index (κ3) is 5.16. The minimum atomic E-state index is -1.17. The van der Waals surface area contributed by atoms with E-state index in [-0.39, 0.29) is 16.9 Å². The predicted molar refractivity (Wildman–Crippen MR) is 112 cm³/mol. The number of hydrogen-bond acceptors (Lipinski definition) is 6. The summed E-state index contributed by atoms with van der Waals surface area (Å²) in [6, 6.07) is 7.25. The Labute approximate surface area is 179 Å². The fourth-order valence-corrected chi connectivity index (χ4v) is 3.61. The minimum Gasteiger partial charge on any atom is -0.476 e. The number of nitrogens with two attached hydrogens (primary N) is 1. The number of aromatic nitrogens is 3. The lowest BCUT2D eigenvalue weighted by molar-refractivity contribution is 0.0695. The van der Waals surface area contributed by atoms with Gasteiger partial charge in [-0.15, -0.1) is 5.10 Å². The van der Waals surface area contributed by atoms with Gasteiger partial charge in [0.2, 0.25) is 5.01 Å². The zero-order valence-electron chi connectivity index (χ0n) is 16.4. The first-order valence-corrected chi connectivity index (χ1v) is 9.90. The number of nitrogens with zero attached hydrogens (tertiary/aromatic N) is 3. The fraction of sp³-hybridized carbons (Fsp3) is 0.143. The molecule has 7 nitrogen and oxygen atoms in total. The van der Waals surface area contributed by atoms with Crippen LogP contribution in [0.4, 0.5) is 8.78 Å². The number of carboxylic acid groups (broad SMARTS) is 1. The van der Waals surface area contributed by atoms with Crippen molar-refractivity contribution in [3.63, 3.8) is 0 Å². The number of benzene rings is 1. The molecule has 3 aromatic heterocycles. The SMILES string of the molecule is Cc1c(=O)c(Cc2ccc(F)c(F)c2)cn2nc(C(=O)O)sc12.NCc1cccnc1. The topological polar surface area (TPSA) is 111 Å². The number of pyridine rings is 2. The first-order chi connectivity index (χ1) is 14.8. The van der Waals surface area contributed by atoms with E-state index in [0.29, 0.717) is 28.1 Å². The van der Waals surface area contributed by atoms with E-state index in [1.54, 1.807) is 19.3 Å². The second-order valence-corrected chi connectivity index (χ2v) is 7.54. The summed E-state index contributed by atoms with van der Waals surface area (Å²) in [4.78, 5) is 27.7. The molecule has 0 saturated heterocycles. The molecule has 10 heteroatoms. The second kappa shape index (κ2) is 9.54. The lowest BCUT2D eigenvalue weighted by Crippen LogP contribution is -2.15. The van der Waals surface area contributed by atoms with Crippen LogP contribution in [0.2, 0.25) is 0 Å². The maximum absolute atomic E-state index is 13.3. The molecule has 0 radical (unpaired) electrons. The summed E-state index contributed by atoms with van der Waals surface area (Å²) in [7, 11) is 0. The molecule has 4 rings (SSSR count). The number of fused-ring (bicyclic) bond motifs is 1. The molecule has 0 amide bonds. The molecule has 0 unspecified atom stereocenters. The maximum atomic E-state index is 13.3. The molecule has 1 aromatic carbocycles. The van der Waals surface area contributed by atoms with Gasteiger partial charge in [0, 0.05) is 42.7 Å². The quantitative estimate of drug-likeness (QED) is 0.500. The molecular weight excluding hydrogens is 426 g/mol. The summed E-state index contributed by atoms with van der Waals surface area (Å²) in [5.41, 5.74) is 7.25. The molecule has 0 spiro atoms. The van der Waals surface area contributed by atoms with E-state index in [9.17, 15) is 18.4 Å². The van der Waals surface area contributed by atoms with E-state index in [0.717, 1.165) is 29.0 Å². The van der Waals surface area contributed by atoms with Gasteiger partial charge in [-0.1, -0.05) is 23.5 Å². The summed E-state index contributed by atoms with van der Waals surface area (Å²) >= 11 is 0.908. The van der Waals surface area contributed by atoms with Crippen molar-refractivity contribution in [2.24, 2.45) is 5.73 Å². The summed E-state index contributed by atoms with van der Waals surface area (Å²) in [6.07, 6.45) is 5.02. The fourth-order valence-electron chi connectivity index (χ4n) is 2.78. The number of carbonyl (C=O) groups is 1. The number of aryl methyl sites for hydroxylation is 1. The van der Waals surface area contributed by atoms with Gasteiger partial charge in [0.15, 0.2) is 17.1 Å². The van der Waals surface area contributed by atoms with Crippen LogP contribution in [0.1, 0.15) is 32.1 Å². The summed E-state index contributed by atoms with van der Waals surface area (Å²) in [6.45, 7) is 2.16. The van der Waals surface area contributed by atoms with Gasteiger partial charge in [0.05, 0.1) is 0 Å². The van der Waals surface area contributed by atoms with Gasteiger partial charge in [-0.3, -0.25) is 9.78 Å². The van der Waals surface area contributed by atoms with Crippen molar-refractivity contribution in [2.75, 3.05) is 0 Å². The molecule has 0 atom stereocenters. The van der Waals surface area contributed by atoms with Crippen molar-refractivity contribution in [1.29, 1.82) is 0 Å². The van der Waals surface area contributed by atoms with Gasteiger partial charge >= 0.3 is 5.97 Å². The van der Waals surface area contributed by atoms with Gasteiger partial charge < -0.3 is 10.8 Å². The smallest absolute Gasteiger partial charge is 0.366 e. The molecule has 3 heterocycles. The molecule has 0 saturated carbocycles. The standard InChI is InChI=1S/C15H10F2N2O3S.C6H8N2/c1-7-12(20)9(4-8-2-3-10(16)11(17)5-8)6-19-14(7)23-13(18-19)15(21)22;7-4-6-2-1-3-8-5-6/h2-3,5-6H,4H2,1H3,(H,21,22);1-3,5H,4,7H2. The third-order valence-electron chi connectivity index (χ3n) is 4.35. The lowest BCUT2D eigenvalue weighted by Gasteiger charge is -2.04. The molecule has 0 bridgehead atoms. The summed E-state index contributed by atoms with van der Waals surface area (Å²) in [5.74, 6) is -3.11. The highest BCUT2D eigenvalue weighted by Crippen LogP contribution is 2.19. The summed E-state index contributed by atoms with van der Waals surface area (Å²) in [5, 5.41) is 12.8. The highest BCUT2D eigenvalue weighted by atomic mass is 32.1. The van der Waals surface area contributed by atoms with Gasteiger partial charge in [0.1, 0.15) is 4.83 Å². The highest BCUT2D eigenvalue weighted by molar-refractivity contribution is 7.18. The predicted octanol–water partition coefficient (Wildman–Crippen LogP) is 3.17. The zero-order valence-corrected chi connectivity index (χ0v) is 17.2. The Morgan fingerprint density at radius 2 is 2.00 bits per heavy atom. The van der Waals surface area contributed by atoms with Crippen molar-refractivity contribution in [2.45, 2.75) is 19.9 Å². The van der Waals surface area contributed by atoms with E-state index in [1.807, 2.05) is 12.1 Å². The monoisotopic (exact) mass is 444 g/mol. The van der Waals surface area contributed by atoms with Crippen molar-refractivity contribution in [3.05, 3.63) is 98.0 Å². The number of hydrogen-bond donors (Lipinski definition) is 2. The normalized spacial score (nSPS) is 10.6. The maximum Gasteiger partial charge on any atom is 0.366 e. The Kier molecular flexibility index (Phi) is 6.83. The van der Waals surface area contributed by atoms with Gasteiger partial charge in [0.25, 0.3) is 0 Å². The van der Waals surface area contributed by atoms with Crippen LogP contribution in [0.15, 0.2) is 53.7 Å². The van der Waals surface area contributed by atoms with Crippen LogP contribution in [0.3, 0.4) is 0 Å². The zero-order chi connectivity index (χ0) is 22.5. The molecule has 31 heavy (non-hydrogen) atoms. The highest BCUT2D eigenvalue weighted by Gasteiger charge is 2.16. The summed E-state index contributed by atoms with van der Waals surface area (Å²) < 4.78 is 27.6. The van der Waals surface area contributed by atoms with Crippen LogP contribution >= 0.6 is 11.3 Å². The number of aromatic carboxylic acids is 1. The molecule has 0 fully saturated rings. The lowest BCUT2D eigenvalue weighted by atomic mass is 10.0. The van der Waals surface area contributed by atoms with E-state index in [4.69, 9.17) is 10.8 Å². The van der Waals surface area contributed by atoms with Crippen molar-refractivity contribution in [3.8, 4) is 0 Å². The molecule has 160 valence electrons. The van der Waals surface area contributed by atoms with Gasteiger partial charge in [-0.2, -0.15) is 0 Å². The molecule has 0 aliphatic heterocycles. The Balaban J connectivity index is 0.000000287. The minimum absolute atomic E-state index is 0.0970. The molecule has 0 aliphatic rings. The van der Waals surface area contributed by atoms with Crippen LogP contribution in [-0.2, 0) is 13.0 Å². The second-order valence-electron chi connectivity index (χ2n) is 6.56. The van der Waals surface area contributed by atoms with Gasteiger partial charge in [-0.25, -0.2) is 18.1 Å². The number of rotatable bonds is 4.